The molecule has 1 amide bonds. The Labute approximate surface area is 126 Å². The molecule has 0 aliphatic carbocycles. The number of carbonyl (C=O) groups is 1. The van der Waals surface area contributed by atoms with E-state index in [1.54, 1.807) is 30.3 Å². The zero-order valence-electron chi connectivity index (χ0n) is 10.6. The number of hydrogen-bond acceptors (Lipinski definition) is 3. The third kappa shape index (κ3) is 3.15. The molecule has 0 saturated heterocycles. The van der Waals surface area contributed by atoms with Gasteiger partial charge in [-0.15, -0.1) is 0 Å². The predicted octanol–water partition coefficient (Wildman–Crippen LogP) is 3.84. The Morgan fingerprint density at radius 3 is 2.60 bits per heavy atom. The maximum Gasteiger partial charge on any atom is 0.257 e. The lowest BCUT2D eigenvalue weighted by Crippen LogP contribution is -2.13. The number of amides is 1. The van der Waals surface area contributed by atoms with E-state index in [4.69, 9.17) is 33.7 Å². The molecule has 0 fully saturated rings. The second-order valence-electron chi connectivity index (χ2n) is 4.03. The van der Waals surface area contributed by atoms with Gasteiger partial charge in [-0.1, -0.05) is 23.2 Å². The smallest absolute Gasteiger partial charge is 0.257 e. The number of carbonyl (C=O) groups excluding carboxylic acids is 1. The maximum atomic E-state index is 12.2. The molecule has 0 atom stereocenters. The second kappa shape index (κ2) is 6.03. The first-order valence-electron chi connectivity index (χ1n) is 5.71. The van der Waals surface area contributed by atoms with Crippen LogP contribution in [0.3, 0.4) is 0 Å². The van der Waals surface area contributed by atoms with Crippen LogP contribution in [0.4, 0.5) is 11.4 Å². The number of ether oxygens (including phenoxy) is 1. The van der Waals surface area contributed by atoms with E-state index >= 15 is 0 Å². The highest BCUT2D eigenvalue weighted by Gasteiger charge is 2.12. The number of rotatable bonds is 3. The molecule has 0 aromatic heterocycles. The number of anilines is 2. The number of nitrogens with two attached hydrogens (primary N) is 1. The lowest BCUT2D eigenvalue weighted by atomic mass is 10.2. The molecule has 2 aromatic carbocycles. The minimum absolute atomic E-state index is 0.275. The van der Waals surface area contributed by atoms with Crippen LogP contribution in [-0.2, 0) is 0 Å². The van der Waals surface area contributed by atoms with Crippen LogP contribution in [0.25, 0.3) is 0 Å². The van der Waals surface area contributed by atoms with Gasteiger partial charge >= 0.3 is 0 Å². The van der Waals surface area contributed by atoms with Gasteiger partial charge in [0.1, 0.15) is 5.75 Å². The molecule has 0 spiro atoms. The van der Waals surface area contributed by atoms with Crippen LogP contribution < -0.4 is 15.8 Å². The Bertz CT molecular complexity index is 660. The van der Waals surface area contributed by atoms with Crippen LogP contribution in [0.1, 0.15) is 10.4 Å². The van der Waals surface area contributed by atoms with Crippen molar-refractivity contribution in [3.63, 3.8) is 0 Å². The highest BCUT2D eigenvalue weighted by Crippen LogP contribution is 2.26. The molecule has 0 unspecified atom stereocenters. The summed E-state index contributed by atoms with van der Waals surface area (Å²) in [7, 11) is 1.53. The molecule has 6 heteroatoms. The summed E-state index contributed by atoms with van der Waals surface area (Å²) in [6, 6.07) is 9.65. The van der Waals surface area contributed by atoms with E-state index in [-0.39, 0.29) is 10.9 Å². The van der Waals surface area contributed by atoms with Crippen molar-refractivity contribution in [2.45, 2.75) is 0 Å². The topological polar surface area (TPSA) is 64.3 Å². The predicted molar refractivity (Wildman–Crippen MR) is 81.8 cm³/mol. The van der Waals surface area contributed by atoms with Crippen LogP contribution in [0.2, 0.25) is 10.0 Å². The first kappa shape index (κ1) is 14.5. The van der Waals surface area contributed by atoms with Gasteiger partial charge in [0.25, 0.3) is 5.91 Å². The first-order chi connectivity index (χ1) is 9.51. The van der Waals surface area contributed by atoms with E-state index in [9.17, 15) is 4.79 Å². The van der Waals surface area contributed by atoms with Crippen molar-refractivity contribution < 1.29 is 9.53 Å². The Morgan fingerprint density at radius 2 is 1.95 bits per heavy atom. The van der Waals surface area contributed by atoms with Gasteiger partial charge in [0, 0.05) is 11.1 Å². The molecule has 104 valence electrons. The molecule has 2 rings (SSSR count). The molecule has 3 N–H and O–H groups in total. The van der Waals surface area contributed by atoms with Gasteiger partial charge in [-0.25, -0.2) is 0 Å². The SMILES string of the molecule is COc1ccc(N)c(NC(=O)c2ccc(Cl)cc2Cl)c1. The number of nitrogen functional groups attached to an aromatic ring is 1. The van der Waals surface area contributed by atoms with Crippen LogP contribution in [-0.4, -0.2) is 13.0 Å². The van der Waals surface area contributed by atoms with Gasteiger partial charge in [-0.3, -0.25) is 4.79 Å². The normalized spacial score (nSPS) is 10.2. The molecule has 0 bridgehead atoms. The van der Waals surface area contributed by atoms with Crippen molar-refractivity contribution in [1.29, 1.82) is 0 Å². The number of benzene rings is 2. The monoisotopic (exact) mass is 310 g/mol. The van der Waals surface area contributed by atoms with Crippen molar-refractivity contribution in [2.75, 3.05) is 18.2 Å². The number of nitrogens with one attached hydrogen (secondary N) is 1. The molecule has 0 saturated carbocycles. The Morgan fingerprint density at radius 1 is 1.20 bits per heavy atom. The van der Waals surface area contributed by atoms with E-state index in [2.05, 4.69) is 5.32 Å². The Hall–Kier alpha value is -1.91. The summed E-state index contributed by atoms with van der Waals surface area (Å²) in [5, 5.41) is 3.43. The summed E-state index contributed by atoms with van der Waals surface area (Å²) in [5.41, 5.74) is 7.02. The average molecular weight is 311 g/mol. The van der Waals surface area contributed by atoms with Crippen molar-refractivity contribution in [3.8, 4) is 5.75 Å². The molecule has 0 aliphatic heterocycles. The van der Waals surface area contributed by atoms with E-state index in [1.807, 2.05) is 0 Å². The van der Waals surface area contributed by atoms with E-state index in [1.165, 1.54) is 13.2 Å². The molecule has 2 aromatic rings. The van der Waals surface area contributed by atoms with Crippen molar-refractivity contribution in [2.24, 2.45) is 0 Å². The van der Waals surface area contributed by atoms with Crippen molar-refractivity contribution in [1.82, 2.24) is 0 Å². The summed E-state index contributed by atoms with van der Waals surface area (Å²) >= 11 is 11.8. The van der Waals surface area contributed by atoms with Gasteiger partial charge in [0.2, 0.25) is 0 Å². The molecule has 0 heterocycles. The minimum Gasteiger partial charge on any atom is -0.497 e. The molecule has 0 radical (unpaired) electrons. The summed E-state index contributed by atoms with van der Waals surface area (Å²) in [6.07, 6.45) is 0. The quantitative estimate of drug-likeness (QED) is 0.847. The van der Waals surface area contributed by atoms with Gasteiger partial charge in [-0.05, 0) is 30.3 Å². The summed E-state index contributed by atoms with van der Waals surface area (Å²) in [4.78, 5) is 12.2. The molecule has 0 aliphatic rings. The molecule has 20 heavy (non-hydrogen) atoms. The summed E-state index contributed by atoms with van der Waals surface area (Å²) in [5.74, 6) is 0.225. The van der Waals surface area contributed by atoms with Gasteiger partial charge in [-0.2, -0.15) is 0 Å². The highest BCUT2D eigenvalue weighted by atomic mass is 35.5. The van der Waals surface area contributed by atoms with Crippen molar-refractivity contribution in [3.05, 3.63) is 52.0 Å². The Kier molecular flexibility index (Phi) is 4.37. The number of halogens is 2. The number of methoxy groups -OCH3 is 1. The third-order valence-electron chi connectivity index (χ3n) is 2.68. The standard InChI is InChI=1S/C14H12Cl2N2O2/c1-20-9-3-5-12(17)13(7-9)18-14(19)10-4-2-8(15)6-11(10)16/h2-7H,17H2,1H3,(H,18,19). The summed E-state index contributed by atoms with van der Waals surface area (Å²) in [6.45, 7) is 0. The average Bonchev–Trinajstić information content (AvgIpc) is 2.41. The summed E-state index contributed by atoms with van der Waals surface area (Å²) < 4.78 is 5.09. The van der Waals surface area contributed by atoms with Crippen LogP contribution in [0, 0.1) is 0 Å². The highest BCUT2D eigenvalue weighted by molar-refractivity contribution is 6.37. The first-order valence-corrected chi connectivity index (χ1v) is 6.47. The fourth-order valence-electron chi connectivity index (χ4n) is 1.63. The van der Waals surface area contributed by atoms with E-state index in [0.29, 0.717) is 27.7 Å². The lowest BCUT2D eigenvalue weighted by molar-refractivity contribution is 0.102. The van der Waals surface area contributed by atoms with E-state index in [0.717, 1.165) is 0 Å². The largest absolute Gasteiger partial charge is 0.497 e. The second-order valence-corrected chi connectivity index (χ2v) is 4.88. The Balaban J connectivity index is 2.27. The molecular weight excluding hydrogens is 299 g/mol. The van der Waals surface area contributed by atoms with Gasteiger partial charge in [0.05, 0.1) is 29.1 Å². The van der Waals surface area contributed by atoms with Crippen molar-refractivity contribution >= 4 is 40.5 Å². The van der Waals surface area contributed by atoms with Gasteiger partial charge < -0.3 is 15.8 Å². The van der Waals surface area contributed by atoms with Crippen LogP contribution >= 0.6 is 23.2 Å². The third-order valence-corrected chi connectivity index (χ3v) is 3.23. The zero-order valence-corrected chi connectivity index (χ0v) is 12.1. The molecule has 4 nitrogen and oxygen atoms in total. The maximum absolute atomic E-state index is 12.2. The fourth-order valence-corrected chi connectivity index (χ4v) is 2.13. The zero-order chi connectivity index (χ0) is 14.7. The number of hydrogen-bond donors (Lipinski definition) is 2. The van der Waals surface area contributed by atoms with E-state index < -0.39 is 0 Å². The fraction of sp³-hybridized carbons (Fsp3) is 0.0714. The minimum atomic E-state index is -0.369. The van der Waals surface area contributed by atoms with Gasteiger partial charge in [0.15, 0.2) is 0 Å². The lowest BCUT2D eigenvalue weighted by Gasteiger charge is -2.11. The van der Waals surface area contributed by atoms with Crippen LogP contribution in [0.15, 0.2) is 36.4 Å². The van der Waals surface area contributed by atoms with Crippen LogP contribution in [0.5, 0.6) is 5.75 Å². The molecular formula is C14H12Cl2N2O2.